The molecular formula is C16H21N2O3-. The second kappa shape index (κ2) is 6.83. The van der Waals surface area contributed by atoms with Crippen molar-refractivity contribution in [3.8, 4) is 0 Å². The Labute approximate surface area is 125 Å². The van der Waals surface area contributed by atoms with Crippen LogP contribution in [0.25, 0.3) is 5.76 Å². The fraction of sp³-hybridized carbons (Fsp3) is 0.500. The van der Waals surface area contributed by atoms with E-state index in [0.29, 0.717) is 26.4 Å². The van der Waals surface area contributed by atoms with Gasteiger partial charge in [-0.1, -0.05) is 36.1 Å². The van der Waals surface area contributed by atoms with E-state index in [4.69, 9.17) is 9.47 Å². The monoisotopic (exact) mass is 289 g/mol. The maximum absolute atomic E-state index is 12.9. The van der Waals surface area contributed by atoms with Gasteiger partial charge in [-0.15, -0.1) is 0 Å². The van der Waals surface area contributed by atoms with Gasteiger partial charge in [0.05, 0.1) is 32.2 Å². The van der Waals surface area contributed by atoms with Gasteiger partial charge in [-0.3, -0.25) is 0 Å². The van der Waals surface area contributed by atoms with E-state index in [1.165, 1.54) is 0 Å². The van der Waals surface area contributed by atoms with Gasteiger partial charge in [-0.25, -0.2) is 0 Å². The van der Waals surface area contributed by atoms with E-state index in [2.05, 4.69) is 9.80 Å². The first-order chi connectivity index (χ1) is 10.4. The van der Waals surface area contributed by atoms with E-state index in [1.54, 1.807) is 0 Å². The molecule has 0 aromatic heterocycles. The molecular weight excluding hydrogens is 268 g/mol. The average molecular weight is 289 g/mol. The van der Waals surface area contributed by atoms with Gasteiger partial charge >= 0.3 is 0 Å². The Hall–Kier alpha value is -1.72. The van der Waals surface area contributed by atoms with Gasteiger partial charge in [0.2, 0.25) is 0 Å². The molecule has 2 fully saturated rings. The van der Waals surface area contributed by atoms with E-state index in [1.807, 2.05) is 30.3 Å². The molecule has 2 saturated heterocycles. The van der Waals surface area contributed by atoms with E-state index in [0.717, 1.165) is 37.6 Å². The topological polar surface area (TPSA) is 48.0 Å². The molecule has 0 saturated carbocycles. The zero-order valence-corrected chi connectivity index (χ0v) is 12.2. The molecule has 0 aliphatic carbocycles. The van der Waals surface area contributed by atoms with Gasteiger partial charge in [-0.2, -0.15) is 0 Å². The van der Waals surface area contributed by atoms with Crippen LogP contribution in [0.4, 0.5) is 0 Å². The highest BCUT2D eigenvalue weighted by Gasteiger charge is 2.22. The Morgan fingerprint density at radius 3 is 1.76 bits per heavy atom. The third-order valence-corrected chi connectivity index (χ3v) is 3.86. The molecule has 2 aliphatic rings. The fourth-order valence-corrected chi connectivity index (χ4v) is 2.76. The molecule has 5 heteroatoms. The lowest BCUT2D eigenvalue weighted by molar-refractivity contribution is -0.248. The molecule has 1 aromatic rings. The first kappa shape index (κ1) is 14.2. The summed E-state index contributed by atoms with van der Waals surface area (Å²) in [5.74, 6) is 0.896. The Bertz CT molecular complexity index is 458. The van der Waals surface area contributed by atoms with Crippen LogP contribution in [0.1, 0.15) is 5.56 Å². The van der Waals surface area contributed by atoms with Crippen LogP contribution < -0.4 is 5.11 Å². The summed E-state index contributed by atoms with van der Waals surface area (Å²) in [5.41, 5.74) is 0.741. The molecule has 2 aliphatic heterocycles. The number of nitrogens with zero attached hydrogens (tertiary/aromatic N) is 2. The van der Waals surface area contributed by atoms with Gasteiger partial charge in [0.15, 0.2) is 0 Å². The maximum Gasteiger partial charge on any atom is 0.0967 e. The first-order valence-electron chi connectivity index (χ1n) is 7.48. The molecule has 0 unspecified atom stereocenters. The molecule has 0 N–H and O–H groups in total. The predicted octanol–water partition coefficient (Wildman–Crippen LogP) is 0.337. The zero-order valence-electron chi connectivity index (χ0n) is 12.2. The largest absolute Gasteiger partial charge is 0.870 e. The number of hydrogen-bond donors (Lipinski definition) is 0. The quantitative estimate of drug-likeness (QED) is 0.751. The van der Waals surface area contributed by atoms with E-state index >= 15 is 0 Å². The summed E-state index contributed by atoms with van der Waals surface area (Å²) in [5, 5.41) is 12.9. The third kappa shape index (κ3) is 3.31. The van der Waals surface area contributed by atoms with Crippen molar-refractivity contribution in [3.05, 3.63) is 41.7 Å². The Kier molecular flexibility index (Phi) is 4.62. The van der Waals surface area contributed by atoms with Crippen molar-refractivity contribution in [3.63, 3.8) is 0 Å². The van der Waals surface area contributed by atoms with Gasteiger partial charge in [0, 0.05) is 26.2 Å². The van der Waals surface area contributed by atoms with Crippen LogP contribution in [0.15, 0.2) is 36.2 Å². The highest BCUT2D eigenvalue weighted by Crippen LogP contribution is 2.22. The van der Waals surface area contributed by atoms with Crippen molar-refractivity contribution in [2.75, 3.05) is 52.6 Å². The molecule has 114 valence electrons. The first-order valence-corrected chi connectivity index (χ1v) is 7.48. The standard InChI is InChI=1S/C16H22N2O3/c19-15(14-4-2-1-3-5-14)16(17-6-10-20-11-7-17)18-8-12-21-13-9-18/h1-5,19H,6-13H2/p-1. The summed E-state index contributed by atoms with van der Waals surface area (Å²) in [6.45, 7) is 5.78. The second-order valence-electron chi connectivity index (χ2n) is 5.22. The average Bonchev–Trinajstić information content (AvgIpc) is 2.58. The van der Waals surface area contributed by atoms with Crippen LogP contribution in [0.5, 0.6) is 0 Å². The van der Waals surface area contributed by atoms with Gasteiger partial charge in [-0.05, 0) is 5.56 Å². The molecule has 0 amide bonds. The van der Waals surface area contributed by atoms with Gasteiger partial charge in [0.25, 0.3) is 0 Å². The Morgan fingerprint density at radius 1 is 0.810 bits per heavy atom. The van der Waals surface area contributed by atoms with Crippen molar-refractivity contribution in [1.29, 1.82) is 0 Å². The molecule has 0 atom stereocenters. The number of morpholine rings is 2. The molecule has 5 nitrogen and oxygen atoms in total. The Balaban J connectivity index is 1.93. The number of benzene rings is 1. The molecule has 3 rings (SSSR count). The summed E-state index contributed by atoms with van der Waals surface area (Å²) in [6.07, 6.45) is 0. The van der Waals surface area contributed by atoms with Crippen LogP contribution in [-0.4, -0.2) is 62.4 Å². The Morgan fingerprint density at radius 2 is 1.29 bits per heavy atom. The van der Waals surface area contributed by atoms with Gasteiger partial charge < -0.3 is 24.4 Å². The smallest absolute Gasteiger partial charge is 0.0967 e. The van der Waals surface area contributed by atoms with Crippen molar-refractivity contribution < 1.29 is 14.6 Å². The highest BCUT2D eigenvalue weighted by atomic mass is 16.5. The zero-order chi connectivity index (χ0) is 14.5. The third-order valence-electron chi connectivity index (χ3n) is 3.86. The van der Waals surface area contributed by atoms with Gasteiger partial charge in [0.1, 0.15) is 0 Å². The summed E-state index contributed by atoms with van der Waals surface area (Å²) < 4.78 is 10.8. The normalized spacial score (nSPS) is 19.4. The van der Waals surface area contributed by atoms with Crippen molar-refractivity contribution in [2.24, 2.45) is 0 Å². The van der Waals surface area contributed by atoms with Crippen LogP contribution in [-0.2, 0) is 9.47 Å². The lowest BCUT2D eigenvalue weighted by Crippen LogP contribution is -2.47. The lowest BCUT2D eigenvalue weighted by atomic mass is 10.1. The highest BCUT2D eigenvalue weighted by molar-refractivity contribution is 5.59. The van der Waals surface area contributed by atoms with E-state index in [-0.39, 0.29) is 5.76 Å². The molecule has 1 aromatic carbocycles. The summed E-state index contributed by atoms with van der Waals surface area (Å²) in [6, 6.07) is 9.50. The molecule has 0 spiro atoms. The number of rotatable bonds is 3. The summed E-state index contributed by atoms with van der Waals surface area (Å²) >= 11 is 0. The van der Waals surface area contributed by atoms with Crippen molar-refractivity contribution in [2.45, 2.75) is 0 Å². The maximum atomic E-state index is 12.9. The predicted molar refractivity (Wildman–Crippen MR) is 78.1 cm³/mol. The minimum absolute atomic E-state index is 0.0967. The lowest BCUT2D eigenvalue weighted by Gasteiger charge is -2.42. The van der Waals surface area contributed by atoms with Crippen LogP contribution >= 0.6 is 0 Å². The van der Waals surface area contributed by atoms with E-state index in [9.17, 15) is 5.11 Å². The van der Waals surface area contributed by atoms with Crippen molar-refractivity contribution >= 4 is 5.76 Å². The minimum atomic E-state index is 0.0967. The molecule has 21 heavy (non-hydrogen) atoms. The molecule has 2 heterocycles. The summed E-state index contributed by atoms with van der Waals surface area (Å²) in [7, 11) is 0. The fourth-order valence-electron chi connectivity index (χ4n) is 2.76. The van der Waals surface area contributed by atoms with E-state index < -0.39 is 0 Å². The second-order valence-corrected chi connectivity index (χ2v) is 5.22. The number of ether oxygens (including phenoxy) is 2. The number of hydrogen-bond acceptors (Lipinski definition) is 5. The SMILES string of the molecule is [O-]C(=C(N1CCOCC1)N1CCOCC1)c1ccccc1. The molecule has 0 bridgehead atoms. The van der Waals surface area contributed by atoms with Crippen molar-refractivity contribution in [1.82, 2.24) is 9.80 Å². The minimum Gasteiger partial charge on any atom is -0.870 e. The molecule has 0 radical (unpaired) electrons. The van der Waals surface area contributed by atoms with Crippen LogP contribution in [0.2, 0.25) is 0 Å². The van der Waals surface area contributed by atoms with Crippen LogP contribution in [0.3, 0.4) is 0 Å². The summed E-state index contributed by atoms with van der Waals surface area (Å²) in [4.78, 5) is 4.31. The van der Waals surface area contributed by atoms with Crippen LogP contribution in [0, 0.1) is 0 Å².